The normalized spacial score (nSPS) is 10.6. The van der Waals surface area contributed by atoms with E-state index in [9.17, 15) is 9.59 Å². The monoisotopic (exact) mass is 337 g/mol. The summed E-state index contributed by atoms with van der Waals surface area (Å²) in [5, 5.41) is 6.74. The third kappa shape index (κ3) is 6.59. The van der Waals surface area contributed by atoms with Crippen molar-refractivity contribution in [3.8, 4) is 0 Å². The number of nitrogens with zero attached hydrogens (tertiary/aromatic N) is 1. The molecule has 5 nitrogen and oxygen atoms in total. The SMILES string of the molecule is Cc1ccc(C=NNC(=O)CCC(=O)NCc2ccccc2)c(C)c1. The van der Waals surface area contributed by atoms with Crippen LogP contribution >= 0.6 is 0 Å². The fraction of sp³-hybridized carbons (Fsp3) is 0.250. The molecular weight excluding hydrogens is 314 g/mol. The molecule has 2 aromatic carbocycles. The van der Waals surface area contributed by atoms with Gasteiger partial charge >= 0.3 is 0 Å². The van der Waals surface area contributed by atoms with Crippen molar-refractivity contribution in [2.75, 3.05) is 0 Å². The Hall–Kier alpha value is -2.95. The van der Waals surface area contributed by atoms with Crippen LogP contribution in [0.1, 0.15) is 35.1 Å². The summed E-state index contributed by atoms with van der Waals surface area (Å²) in [6, 6.07) is 15.6. The van der Waals surface area contributed by atoms with Crippen molar-refractivity contribution in [1.29, 1.82) is 0 Å². The number of hydrazone groups is 1. The second-order valence-electron chi connectivity index (χ2n) is 5.92. The van der Waals surface area contributed by atoms with E-state index in [0.29, 0.717) is 6.54 Å². The van der Waals surface area contributed by atoms with Crippen LogP contribution in [0, 0.1) is 13.8 Å². The second-order valence-corrected chi connectivity index (χ2v) is 5.92. The van der Waals surface area contributed by atoms with Gasteiger partial charge in [-0.1, -0.05) is 54.1 Å². The molecule has 0 radical (unpaired) electrons. The van der Waals surface area contributed by atoms with Crippen LogP contribution < -0.4 is 10.7 Å². The molecule has 0 aliphatic heterocycles. The summed E-state index contributed by atoms with van der Waals surface area (Å²) in [6.45, 7) is 4.48. The zero-order chi connectivity index (χ0) is 18.1. The smallest absolute Gasteiger partial charge is 0.240 e. The molecule has 0 aliphatic rings. The molecule has 130 valence electrons. The van der Waals surface area contributed by atoms with Gasteiger partial charge in [0.15, 0.2) is 0 Å². The molecule has 25 heavy (non-hydrogen) atoms. The van der Waals surface area contributed by atoms with Gasteiger partial charge in [0.1, 0.15) is 0 Å². The van der Waals surface area contributed by atoms with E-state index in [-0.39, 0.29) is 24.7 Å². The Morgan fingerprint density at radius 1 is 1.00 bits per heavy atom. The highest BCUT2D eigenvalue weighted by molar-refractivity contribution is 5.86. The summed E-state index contributed by atoms with van der Waals surface area (Å²) in [6.07, 6.45) is 1.85. The standard InChI is InChI=1S/C20H23N3O2/c1-15-8-9-18(16(2)12-15)14-22-23-20(25)11-10-19(24)21-13-17-6-4-3-5-7-17/h3-9,12,14H,10-11,13H2,1-2H3,(H,21,24)(H,23,25). The van der Waals surface area contributed by atoms with Gasteiger partial charge in [-0.3, -0.25) is 9.59 Å². The van der Waals surface area contributed by atoms with Crippen LogP contribution in [0.3, 0.4) is 0 Å². The van der Waals surface area contributed by atoms with Crippen LogP contribution in [0.2, 0.25) is 0 Å². The molecule has 0 aliphatic carbocycles. The average molecular weight is 337 g/mol. The first-order valence-corrected chi connectivity index (χ1v) is 8.24. The summed E-state index contributed by atoms with van der Waals surface area (Å²) >= 11 is 0. The largest absolute Gasteiger partial charge is 0.352 e. The first kappa shape index (κ1) is 18.4. The molecule has 0 aromatic heterocycles. The summed E-state index contributed by atoms with van der Waals surface area (Å²) < 4.78 is 0. The lowest BCUT2D eigenvalue weighted by Gasteiger charge is -2.05. The topological polar surface area (TPSA) is 70.6 Å². The van der Waals surface area contributed by atoms with E-state index in [0.717, 1.165) is 16.7 Å². The van der Waals surface area contributed by atoms with Gasteiger partial charge in [0.2, 0.25) is 11.8 Å². The minimum absolute atomic E-state index is 0.102. The van der Waals surface area contributed by atoms with Crippen molar-refractivity contribution >= 4 is 18.0 Å². The zero-order valence-corrected chi connectivity index (χ0v) is 14.6. The van der Waals surface area contributed by atoms with E-state index < -0.39 is 0 Å². The lowest BCUT2D eigenvalue weighted by Crippen LogP contribution is -2.25. The maximum Gasteiger partial charge on any atom is 0.240 e. The van der Waals surface area contributed by atoms with E-state index in [4.69, 9.17) is 0 Å². The van der Waals surface area contributed by atoms with E-state index in [1.807, 2.05) is 56.3 Å². The molecule has 2 aromatic rings. The molecule has 0 atom stereocenters. The van der Waals surface area contributed by atoms with Gasteiger partial charge in [0.05, 0.1) is 6.21 Å². The van der Waals surface area contributed by atoms with E-state index in [1.165, 1.54) is 5.56 Å². The third-order valence-corrected chi connectivity index (χ3v) is 3.73. The number of aryl methyl sites for hydroxylation is 2. The van der Waals surface area contributed by atoms with Crippen molar-refractivity contribution in [3.05, 3.63) is 70.8 Å². The molecule has 5 heteroatoms. The lowest BCUT2D eigenvalue weighted by atomic mass is 10.1. The van der Waals surface area contributed by atoms with E-state index in [1.54, 1.807) is 6.21 Å². The predicted molar refractivity (Wildman–Crippen MR) is 99.2 cm³/mol. The zero-order valence-electron chi connectivity index (χ0n) is 14.6. The van der Waals surface area contributed by atoms with Crippen LogP contribution in [0.5, 0.6) is 0 Å². The van der Waals surface area contributed by atoms with Crippen molar-refractivity contribution in [1.82, 2.24) is 10.7 Å². The maximum atomic E-state index is 11.8. The van der Waals surface area contributed by atoms with Crippen molar-refractivity contribution in [3.63, 3.8) is 0 Å². The maximum absolute atomic E-state index is 11.8. The van der Waals surface area contributed by atoms with Gasteiger partial charge in [-0.2, -0.15) is 5.10 Å². The fourth-order valence-corrected chi connectivity index (χ4v) is 2.31. The average Bonchev–Trinajstić information content (AvgIpc) is 2.61. The molecule has 2 N–H and O–H groups in total. The molecule has 2 amide bonds. The molecule has 0 saturated carbocycles. The number of rotatable bonds is 7. The van der Waals surface area contributed by atoms with Crippen LogP contribution in [-0.2, 0) is 16.1 Å². The van der Waals surface area contributed by atoms with Crippen LogP contribution in [0.4, 0.5) is 0 Å². The van der Waals surface area contributed by atoms with E-state index >= 15 is 0 Å². The van der Waals surface area contributed by atoms with Gasteiger partial charge in [0.25, 0.3) is 0 Å². The Kier molecular flexibility index (Phi) is 6.89. The number of benzene rings is 2. The minimum atomic E-state index is -0.282. The van der Waals surface area contributed by atoms with Crippen molar-refractivity contribution in [2.45, 2.75) is 33.2 Å². The number of carbonyl (C=O) groups is 2. The van der Waals surface area contributed by atoms with Gasteiger partial charge in [-0.25, -0.2) is 5.43 Å². The predicted octanol–water partition coefficient (Wildman–Crippen LogP) is 2.85. The van der Waals surface area contributed by atoms with Crippen LogP contribution in [0.25, 0.3) is 0 Å². The van der Waals surface area contributed by atoms with Gasteiger partial charge in [-0.15, -0.1) is 0 Å². The van der Waals surface area contributed by atoms with Crippen molar-refractivity contribution < 1.29 is 9.59 Å². The molecule has 0 bridgehead atoms. The highest BCUT2D eigenvalue weighted by Gasteiger charge is 2.06. The fourth-order valence-electron chi connectivity index (χ4n) is 2.31. The molecule has 0 unspecified atom stereocenters. The Labute approximate surface area is 148 Å². The summed E-state index contributed by atoms with van der Waals surface area (Å²) in [5.74, 6) is -0.437. The van der Waals surface area contributed by atoms with E-state index in [2.05, 4.69) is 21.9 Å². The lowest BCUT2D eigenvalue weighted by molar-refractivity contribution is -0.126. The summed E-state index contributed by atoms with van der Waals surface area (Å²) in [7, 11) is 0. The highest BCUT2D eigenvalue weighted by atomic mass is 16.2. The molecule has 0 saturated heterocycles. The van der Waals surface area contributed by atoms with Crippen LogP contribution in [0.15, 0.2) is 53.6 Å². The molecule has 0 spiro atoms. The Bertz CT molecular complexity index is 755. The molecule has 2 rings (SSSR count). The van der Waals surface area contributed by atoms with Crippen molar-refractivity contribution in [2.24, 2.45) is 5.10 Å². The number of nitrogens with one attached hydrogen (secondary N) is 2. The second kappa shape index (κ2) is 9.37. The Balaban J connectivity index is 1.69. The number of amides is 2. The first-order chi connectivity index (χ1) is 12.0. The minimum Gasteiger partial charge on any atom is -0.352 e. The quantitative estimate of drug-likeness (QED) is 0.602. The van der Waals surface area contributed by atoms with Crippen LogP contribution in [-0.4, -0.2) is 18.0 Å². The Morgan fingerprint density at radius 3 is 2.44 bits per heavy atom. The van der Waals surface area contributed by atoms with Gasteiger partial charge in [0, 0.05) is 19.4 Å². The molecular formula is C20H23N3O2. The number of carbonyl (C=O) groups excluding carboxylic acids is 2. The van der Waals surface area contributed by atoms with Gasteiger partial charge in [-0.05, 0) is 30.5 Å². The Morgan fingerprint density at radius 2 is 1.72 bits per heavy atom. The molecule has 0 fully saturated rings. The highest BCUT2D eigenvalue weighted by Crippen LogP contribution is 2.07. The summed E-state index contributed by atoms with van der Waals surface area (Å²) in [4.78, 5) is 23.5. The summed E-state index contributed by atoms with van der Waals surface area (Å²) in [5.41, 5.74) is 6.71. The molecule has 0 heterocycles. The number of hydrogen-bond acceptors (Lipinski definition) is 3. The first-order valence-electron chi connectivity index (χ1n) is 8.24. The van der Waals surface area contributed by atoms with Gasteiger partial charge < -0.3 is 5.32 Å². The third-order valence-electron chi connectivity index (χ3n) is 3.73. The number of hydrogen-bond donors (Lipinski definition) is 2.